The smallest absolute Gasteiger partial charge is 0.255 e. The first kappa shape index (κ1) is 14.1. The third-order valence-corrected chi connectivity index (χ3v) is 3.81. The van der Waals surface area contributed by atoms with Gasteiger partial charge in [0.2, 0.25) is 0 Å². The Bertz CT molecular complexity index is 462. The predicted molar refractivity (Wildman–Crippen MR) is 75.0 cm³/mol. The normalized spacial score (nSPS) is 16.4. The Labute approximate surface area is 114 Å². The molecule has 1 atom stereocenters. The minimum atomic E-state index is -0.0281. The molecule has 0 bridgehead atoms. The third kappa shape index (κ3) is 2.97. The van der Waals surface area contributed by atoms with Crippen molar-refractivity contribution in [3.63, 3.8) is 0 Å². The van der Waals surface area contributed by atoms with Crippen LogP contribution in [0.15, 0.2) is 0 Å². The molecular weight excluding hydrogens is 240 g/mol. The van der Waals surface area contributed by atoms with Gasteiger partial charge in [-0.2, -0.15) is 5.10 Å². The van der Waals surface area contributed by atoms with Gasteiger partial charge in [-0.05, 0) is 39.0 Å². The highest BCUT2D eigenvalue weighted by molar-refractivity contribution is 5.96. The van der Waals surface area contributed by atoms with E-state index in [-0.39, 0.29) is 11.9 Å². The van der Waals surface area contributed by atoms with Crippen LogP contribution in [0.5, 0.6) is 0 Å². The van der Waals surface area contributed by atoms with Crippen molar-refractivity contribution < 1.29 is 4.79 Å². The van der Waals surface area contributed by atoms with Gasteiger partial charge in [0.15, 0.2) is 0 Å². The van der Waals surface area contributed by atoms with Crippen molar-refractivity contribution in [3.8, 4) is 0 Å². The van der Waals surface area contributed by atoms with Crippen molar-refractivity contribution in [1.29, 1.82) is 0 Å². The average molecular weight is 264 g/mol. The van der Waals surface area contributed by atoms with Gasteiger partial charge in [0, 0.05) is 24.8 Å². The lowest BCUT2D eigenvalue weighted by Crippen LogP contribution is -2.42. The molecule has 0 aromatic carbocycles. The monoisotopic (exact) mass is 264 g/mol. The second kappa shape index (κ2) is 5.74. The van der Waals surface area contributed by atoms with Crippen LogP contribution in [-0.2, 0) is 6.54 Å². The molecule has 1 aliphatic rings. The molecule has 0 aliphatic heterocycles. The van der Waals surface area contributed by atoms with Gasteiger partial charge in [-0.15, -0.1) is 0 Å². The van der Waals surface area contributed by atoms with Gasteiger partial charge in [-0.3, -0.25) is 9.48 Å². The zero-order chi connectivity index (χ0) is 14.0. The summed E-state index contributed by atoms with van der Waals surface area (Å²) in [6.45, 7) is 7.32. The molecular formula is C14H24N4O. The number of hydrogen-bond donors (Lipinski definition) is 2. The van der Waals surface area contributed by atoms with E-state index in [1.165, 1.54) is 12.8 Å². The Morgan fingerprint density at radius 1 is 1.53 bits per heavy atom. The van der Waals surface area contributed by atoms with Gasteiger partial charge in [-0.1, -0.05) is 6.92 Å². The average Bonchev–Trinajstić information content (AvgIpc) is 3.15. The maximum Gasteiger partial charge on any atom is 0.255 e. The molecule has 3 N–H and O–H groups in total. The molecule has 5 heteroatoms. The fourth-order valence-corrected chi connectivity index (χ4v) is 2.56. The molecule has 19 heavy (non-hydrogen) atoms. The Kier molecular flexibility index (Phi) is 4.24. The number of carbonyl (C=O) groups is 1. The Morgan fingerprint density at radius 3 is 2.74 bits per heavy atom. The van der Waals surface area contributed by atoms with Crippen molar-refractivity contribution in [1.82, 2.24) is 15.1 Å². The summed E-state index contributed by atoms with van der Waals surface area (Å²) in [5.41, 5.74) is 8.20. The molecule has 1 fully saturated rings. The van der Waals surface area contributed by atoms with Gasteiger partial charge in [0.1, 0.15) is 0 Å². The van der Waals surface area contributed by atoms with E-state index in [0.29, 0.717) is 18.0 Å². The number of nitrogens with two attached hydrogens (primary N) is 1. The second-order valence-electron chi connectivity index (χ2n) is 5.42. The summed E-state index contributed by atoms with van der Waals surface area (Å²) in [6, 6.07) is 0.112. The highest BCUT2D eigenvalue weighted by Crippen LogP contribution is 2.32. The number of nitrogens with zero attached hydrogens (tertiary/aromatic N) is 2. The zero-order valence-electron chi connectivity index (χ0n) is 12.1. The standard InChI is InChI=1S/C14H24N4O/c1-4-7-18-10(3)13(9(2)17-18)14(19)16-12(8-15)11-5-6-11/h11-12H,4-8,15H2,1-3H3,(H,16,19). The first-order valence-electron chi connectivity index (χ1n) is 7.13. The zero-order valence-corrected chi connectivity index (χ0v) is 12.1. The molecule has 1 aliphatic carbocycles. The first-order valence-corrected chi connectivity index (χ1v) is 7.13. The van der Waals surface area contributed by atoms with Gasteiger partial charge in [-0.25, -0.2) is 0 Å². The Morgan fingerprint density at radius 2 is 2.21 bits per heavy atom. The van der Waals surface area contributed by atoms with Crippen molar-refractivity contribution in [3.05, 3.63) is 17.0 Å². The minimum Gasteiger partial charge on any atom is -0.348 e. The van der Waals surface area contributed by atoms with E-state index >= 15 is 0 Å². The third-order valence-electron chi connectivity index (χ3n) is 3.81. The number of hydrogen-bond acceptors (Lipinski definition) is 3. The lowest BCUT2D eigenvalue weighted by Gasteiger charge is -2.16. The summed E-state index contributed by atoms with van der Waals surface area (Å²) in [5.74, 6) is 0.542. The molecule has 5 nitrogen and oxygen atoms in total. The predicted octanol–water partition coefficient (Wildman–Crippen LogP) is 1.38. The highest BCUT2D eigenvalue weighted by atomic mass is 16.1. The lowest BCUT2D eigenvalue weighted by molar-refractivity contribution is 0.0932. The van der Waals surface area contributed by atoms with Gasteiger partial charge >= 0.3 is 0 Å². The summed E-state index contributed by atoms with van der Waals surface area (Å²) in [6.07, 6.45) is 3.36. The molecule has 0 saturated heterocycles. The Balaban J connectivity index is 2.13. The number of aryl methyl sites for hydroxylation is 2. The van der Waals surface area contributed by atoms with Gasteiger partial charge in [0.25, 0.3) is 5.91 Å². The minimum absolute atomic E-state index is 0.0281. The van der Waals surface area contributed by atoms with Crippen LogP contribution in [0.25, 0.3) is 0 Å². The summed E-state index contributed by atoms with van der Waals surface area (Å²) < 4.78 is 1.92. The molecule has 1 amide bonds. The van der Waals surface area contributed by atoms with E-state index < -0.39 is 0 Å². The van der Waals surface area contributed by atoms with Gasteiger partial charge in [0.05, 0.1) is 11.3 Å². The van der Waals surface area contributed by atoms with Crippen LogP contribution < -0.4 is 11.1 Å². The van der Waals surface area contributed by atoms with Crippen LogP contribution in [-0.4, -0.2) is 28.3 Å². The van der Waals surface area contributed by atoms with Crippen LogP contribution in [0.1, 0.15) is 47.9 Å². The van der Waals surface area contributed by atoms with Gasteiger partial charge < -0.3 is 11.1 Å². The van der Waals surface area contributed by atoms with E-state index in [2.05, 4.69) is 17.3 Å². The summed E-state index contributed by atoms with van der Waals surface area (Å²) in [7, 11) is 0. The molecule has 1 heterocycles. The van der Waals surface area contributed by atoms with E-state index in [1.54, 1.807) is 0 Å². The van der Waals surface area contributed by atoms with Crippen molar-refractivity contribution >= 4 is 5.91 Å². The van der Waals surface area contributed by atoms with Crippen LogP contribution in [0, 0.1) is 19.8 Å². The molecule has 2 rings (SSSR count). The van der Waals surface area contributed by atoms with Crippen LogP contribution in [0.4, 0.5) is 0 Å². The number of aromatic nitrogens is 2. The van der Waals surface area contributed by atoms with Crippen molar-refractivity contribution in [2.24, 2.45) is 11.7 Å². The van der Waals surface area contributed by atoms with E-state index in [0.717, 1.165) is 24.4 Å². The fourth-order valence-electron chi connectivity index (χ4n) is 2.56. The quantitative estimate of drug-likeness (QED) is 0.815. The summed E-state index contributed by atoms with van der Waals surface area (Å²) >= 11 is 0. The largest absolute Gasteiger partial charge is 0.348 e. The lowest BCUT2D eigenvalue weighted by atomic mass is 10.1. The fraction of sp³-hybridized carbons (Fsp3) is 0.714. The van der Waals surface area contributed by atoms with Crippen LogP contribution in [0.2, 0.25) is 0 Å². The maximum atomic E-state index is 12.4. The molecule has 0 radical (unpaired) electrons. The van der Waals surface area contributed by atoms with Crippen LogP contribution in [0.3, 0.4) is 0 Å². The summed E-state index contributed by atoms with van der Waals surface area (Å²) in [5, 5.41) is 7.50. The van der Waals surface area contributed by atoms with Crippen molar-refractivity contribution in [2.45, 2.75) is 52.6 Å². The highest BCUT2D eigenvalue weighted by Gasteiger charge is 2.32. The van der Waals surface area contributed by atoms with Crippen molar-refractivity contribution in [2.75, 3.05) is 6.54 Å². The molecule has 1 unspecified atom stereocenters. The molecule has 106 valence electrons. The van der Waals surface area contributed by atoms with E-state index in [9.17, 15) is 4.79 Å². The van der Waals surface area contributed by atoms with Crippen LogP contribution >= 0.6 is 0 Å². The first-order chi connectivity index (χ1) is 9.08. The Hall–Kier alpha value is -1.36. The molecule has 1 aromatic heterocycles. The maximum absolute atomic E-state index is 12.4. The molecule has 1 aromatic rings. The number of carbonyl (C=O) groups excluding carboxylic acids is 1. The SMILES string of the molecule is CCCn1nc(C)c(C(=O)NC(CN)C2CC2)c1C. The molecule has 1 saturated carbocycles. The molecule has 0 spiro atoms. The summed E-state index contributed by atoms with van der Waals surface area (Å²) in [4.78, 5) is 12.4. The van der Waals surface area contributed by atoms with E-state index in [1.807, 2.05) is 18.5 Å². The topological polar surface area (TPSA) is 72.9 Å². The number of rotatable bonds is 6. The van der Waals surface area contributed by atoms with E-state index in [4.69, 9.17) is 5.73 Å². The number of amides is 1. The second-order valence-corrected chi connectivity index (χ2v) is 5.42. The number of nitrogens with one attached hydrogen (secondary N) is 1.